The van der Waals surface area contributed by atoms with Crippen LogP contribution in [0.15, 0.2) is 42.6 Å². The van der Waals surface area contributed by atoms with Crippen LogP contribution in [0.5, 0.6) is 0 Å². The molecule has 0 unspecified atom stereocenters. The molecular weight excluding hydrogens is 286 g/mol. The van der Waals surface area contributed by atoms with Crippen LogP contribution < -0.4 is 9.80 Å². The van der Waals surface area contributed by atoms with Crippen LogP contribution in [0.1, 0.15) is 28.8 Å². The summed E-state index contributed by atoms with van der Waals surface area (Å²) in [5.41, 5.74) is 2.94. The maximum absolute atomic E-state index is 12.8. The first-order chi connectivity index (χ1) is 11.2. The Balaban J connectivity index is 1.51. The number of fused-ring (bicyclic) bond motifs is 1. The molecule has 0 saturated heterocycles. The Morgan fingerprint density at radius 2 is 2.09 bits per heavy atom. The molecule has 2 aromatic rings. The van der Waals surface area contributed by atoms with E-state index in [1.165, 1.54) is 18.4 Å². The number of aromatic nitrogens is 1. The Labute approximate surface area is 136 Å². The van der Waals surface area contributed by atoms with Crippen molar-refractivity contribution >= 4 is 17.4 Å². The Morgan fingerprint density at radius 3 is 2.83 bits per heavy atom. The van der Waals surface area contributed by atoms with Gasteiger partial charge in [0.2, 0.25) is 0 Å². The predicted octanol–water partition coefficient (Wildman–Crippen LogP) is 3.13. The molecule has 0 N–H and O–H groups in total. The average Bonchev–Trinajstić information content (AvgIpc) is 3.30. The van der Waals surface area contributed by atoms with Gasteiger partial charge < -0.3 is 9.80 Å². The molecule has 1 aromatic carbocycles. The molecule has 4 heteroatoms. The van der Waals surface area contributed by atoms with E-state index in [-0.39, 0.29) is 5.91 Å². The van der Waals surface area contributed by atoms with E-state index < -0.39 is 0 Å². The van der Waals surface area contributed by atoms with Crippen LogP contribution in [0, 0.1) is 5.92 Å². The largest absolute Gasteiger partial charge is 0.359 e. The molecule has 0 bridgehead atoms. The van der Waals surface area contributed by atoms with Gasteiger partial charge in [0, 0.05) is 32.0 Å². The zero-order chi connectivity index (χ0) is 15.8. The maximum atomic E-state index is 12.8. The van der Waals surface area contributed by atoms with Crippen molar-refractivity contribution in [1.29, 1.82) is 0 Å². The first kappa shape index (κ1) is 14.2. The van der Waals surface area contributed by atoms with Gasteiger partial charge in [-0.25, -0.2) is 4.98 Å². The standard InChI is InChI=1S/C19H21N3O/c1-21(13-14-6-7-14)18-9-8-16(12-20-18)19(23)22-11-10-15-4-2-3-5-17(15)22/h2-5,8-9,12,14H,6-7,10-11,13H2,1H3. The predicted molar refractivity (Wildman–Crippen MR) is 92.1 cm³/mol. The second-order valence-corrected chi connectivity index (χ2v) is 6.56. The summed E-state index contributed by atoms with van der Waals surface area (Å²) in [6.45, 7) is 1.81. The minimum absolute atomic E-state index is 0.0406. The van der Waals surface area contributed by atoms with Gasteiger partial charge in [-0.3, -0.25) is 4.79 Å². The smallest absolute Gasteiger partial charge is 0.259 e. The highest BCUT2D eigenvalue weighted by Crippen LogP contribution is 2.31. The number of carbonyl (C=O) groups excluding carboxylic acids is 1. The van der Waals surface area contributed by atoms with E-state index in [4.69, 9.17) is 0 Å². The number of amides is 1. The molecule has 1 aliphatic carbocycles. The van der Waals surface area contributed by atoms with Gasteiger partial charge in [0.25, 0.3) is 5.91 Å². The number of benzene rings is 1. The molecule has 0 spiro atoms. The van der Waals surface area contributed by atoms with E-state index in [1.54, 1.807) is 6.20 Å². The third kappa shape index (κ3) is 2.81. The lowest BCUT2D eigenvalue weighted by atomic mass is 10.2. The van der Waals surface area contributed by atoms with Gasteiger partial charge >= 0.3 is 0 Å². The fraction of sp³-hybridized carbons (Fsp3) is 0.368. The SMILES string of the molecule is CN(CC1CC1)c1ccc(C(=O)N2CCc3ccccc32)cn1. The fourth-order valence-corrected chi connectivity index (χ4v) is 3.22. The molecule has 1 aliphatic heterocycles. The van der Waals surface area contributed by atoms with Crippen molar-refractivity contribution in [3.8, 4) is 0 Å². The van der Waals surface area contributed by atoms with Gasteiger partial charge in [0.1, 0.15) is 5.82 Å². The van der Waals surface area contributed by atoms with Gasteiger partial charge in [0.05, 0.1) is 5.56 Å². The normalized spacial score (nSPS) is 16.3. The first-order valence-electron chi connectivity index (χ1n) is 8.29. The molecule has 0 radical (unpaired) electrons. The van der Waals surface area contributed by atoms with E-state index in [0.717, 1.165) is 36.9 Å². The molecule has 1 amide bonds. The molecular formula is C19H21N3O. The lowest BCUT2D eigenvalue weighted by Gasteiger charge is -2.19. The van der Waals surface area contributed by atoms with Crippen molar-refractivity contribution in [2.75, 3.05) is 29.9 Å². The van der Waals surface area contributed by atoms with Crippen LogP contribution in [0.2, 0.25) is 0 Å². The Morgan fingerprint density at radius 1 is 1.26 bits per heavy atom. The number of carbonyl (C=O) groups is 1. The number of anilines is 2. The minimum Gasteiger partial charge on any atom is -0.359 e. The van der Waals surface area contributed by atoms with Crippen LogP contribution in [0.3, 0.4) is 0 Å². The van der Waals surface area contributed by atoms with Crippen molar-refractivity contribution in [3.63, 3.8) is 0 Å². The molecule has 1 saturated carbocycles. The van der Waals surface area contributed by atoms with Crippen molar-refractivity contribution in [2.24, 2.45) is 5.92 Å². The first-order valence-corrected chi connectivity index (χ1v) is 8.29. The summed E-state index contributed by atoms with van der Waals surface area (Å²) >= 11 is 0. The van der Waals surface area contributed by atoms with Gasteiger partial charge in [-0.2, -0.15) is 0 Å². The molecule has 23 heavy (non-hydrogen) atoms. The highest BCUT2D eigenvalue weighted by Gasteiger charge is 2.26. The van der Waals surface area contributed by atoms with E-state index in [2.05, 4.69) is 23.0 Å². The van der Waals surface area contributed by atoms with Crippen molar-refractivity contribution in [1.82, 2.24) is 4.98 Å². The third-order valence-corrected chi connectivity index (χ3v) is 4.75. The minimum atomic E-state index is 0.0406. The highest BCUT2D eigenvalue weighted by molar-refractivity contribution is 6.07. The second-order valence-electron chi connectivity index (χ2n) is 6.56. The monoisotopic (exact) mass is 307 g/mol. The number of nitrogens with zero attached hydrogens (tertiary/aromatic N) is 3. The molecule has 2 aliphatic rings. The Kier molecular flexibility index (Phi) is 3.52. The van der Waals surface area contributed by atoms with E-state index in [0.29, 0.717) is 5.56 Å². The number of pyridine rings is 1. The summed E-state index contributed by atoms with van der Waals surface area (Å²) < 4.78 is 0. The summed E-state index contributed by atoms with van der Waals surface area (Å²) in [7, 11) is 2.07. The van der Waals surface area contributed by atoms with Gasteiger partial charge in [0.15, 0.2) is 0 Å². The number of hydrogen-bond acceptors (Lipinski definition) is 3. The number of para-hydroxylation sites is 1. The van der Waals surface area contributed by atoms with Gasteiger partial charge in [-0.15, -0.1) is 0 Å². The van der Waals surface area contributed by atoms with Crippen LogP contribution in [-0.4, -0.2) is 31.0 Å². The van der Waals surface area contributed by atoms with E-state index >= 15 is 0 Å². The summed E-state index contributed by atoms with van der Waals surface area (Å²) in [6.07, 6.45) is 5.30. The number of hydrogen-bond donors (Lipinski definition) is 0. The van der Waals surface area contributed by atoms with Crippen molar-refractivity contribution in [3.05, 3.63) is 53.7 Å². The summed E-state index contributed by atoms with van der Waals surface area (Å²) in [5, 5.41) is 0. The maximum Gasteiger partial charge on any atom is 0.259 e. The van der Waals surface area contributed by atoms with Gasteiger partial charge in [-0.05, 0) is 48.9 Å². The zero-order valence-electron chi connectivity index (χ0n) is 13.4. The van der Waals surface area contributed by atoms with Crippen LogP contribution in [0.25, 0.3) is 0 Å². The third-order valence-electron chi connectivity index (χ3n) is 4.75. The lowest BCUT2D eigenvalue weighted by molar-refractivity contribution is 0.0989. The zero-order valence-corrected chi connectivity index (χ0v) is 13.4. The fourth-order valence-electron chi connectivity index (χ4n) is 3.22. The molecule has 4 nitrogen and oxygen atoms in total. The van der Waals surface area contributed by atoms with E-state index in [1.807, 2.05) is 35.2 Å². The summed E-state index contributed by atoms with van der Waals surface area (Å²) in [6, 6.07) is 12.0. The average molecular weight is 307 g/mol. The topological polar surface area (TPSA) is 36.4 Å². The molecule has 4 rings (SSSR count). The lowest BCUT2D eigenvalue weighted by Crippen LogP contribution is -2.29. The van der Waals surface area contributed by atoms with Crippen LogP contribution >= 0.6 is 0 Å². The molecule has 0 atom stereocenters. The van der Waals surface area contributed by atoms with Crippen LogP contribution in [0.4, 0.5) is 11.5 Å². The van der Waals surface area contributed by atoms with Crippen molar-refractivity contribution in [2.45, 2.75) is 19.3 Å². The Bertz CT molecular complexity index is 722. The van der Waals surface area contributed by atoms with Crippen molar-refractivity contribution < 1.29 is 4.79 Å². The highest BCUT2D eigenvalue weighted by atomic mass is 16.2. The second kappa shape index (κ2) is 5.69. The summed E-state index contributed by atoms with van der Waals surface area (Å²) in [5.74, 6) is 1.80. The Hall–Kier alpha value is -2.36. The molecule has 1 aromatic heterocycles. The molecule has 1 fully saturated rings. The number of rotatable bonds is 4. The molecule has 118 valence electrons. The van der Waals surface area contributed by atoms with Gasteiger partial charge in [-0.1, -0.05) is 18.2 Å². The quantitative estimate of drug-likeness (QED) is 0.871. The van der Waals surface area contributed by atoms with Crippen LogP contribution in [-0.2, 0) is 6.42 Å². The van der Waals surface area contributed by atoms with E-state index in [9.17, 15) is 4.79 Å². The molecule has 2 heterocycles. The summed E-state index contributed by atoms with van der Waals surface area (Å²) in [4.78, 5) is 21.3.